The molecule has 0 fully saturated rings. The first-order valence-corrected chi connectivity index (χ1v) is 5.26. The largest absolute Gasteiger partial charge is 0.396 e. The molecule has 2 N–H and O–H groups in total. The predicted octanol–water partition coefficient (Wildman–Crippen LogP) is 1.83. The van der Waals surface area contributed by atoms with E-state index in [9.17, 15) is 13.2 Å². The van der Waals surface area contributed by atoms with Gasteiger partial charge in [-0.3, -0.25) is 4.57 Å². The molecular weight excluding hydrogens is 245 g/mol. The van der Waals surface area contributed by atoms with Crippen LogP contribution >= 0.6 is 0 Å². The molecule has 0 aliphatic rings. The Morgan fingerprint density at radius 3 is 2.22 bits per heavy atom. The normalized spacial score (nSPS) is 11.8. The fourth-order valence-electron chi connectivity index (χ4n) is 1.65. The van der Waals surface area contributed by atoms with Crippen LogP contribution in [0.4, 0.5) is 13.2 Å². The predicted molar refractivity (Wildman–Crippen MR) is 59.0 cm³/mol. The van der Waals surface area contributed by atoms with E-state index in [1.807, 2.05) is 0 Å². The van der Waals surface area contributed by atoms with Crippen molar-refractivity contribution in [3.8, 4) is 5.69 Å². The van der Waals surface area contributed by atoms with Gasteiger partial charge in [-0.2, -0.15) is 13.2 Å². The van der Waals surface area contributed by atoms with Gasteiger partial charge in [-0.15, -0.1) is 10.2 Å². The van der Waals surface area contributed by atoms with Crippen LogP contribution in [0.25, 0.3) is 5.69 Å². The van der Waals surface area contributed by atoms with E-state index in [-0.39, 0.29) is 12.4 Å². The van der Waals surface area contributed by atoms with Crippen LogP contribution in [0.1, 0.15) is 11.6 Å². The Kier molecular flexibility index (Phi) is 3.33. The molecule has 0 saturated heterocycles. The summed E-state index contributed by atoms with van der Waals surface area (Å²) in [6, 6.07) is 8.60. The Bertz CT molecular complexity index is 519. The quantitative estimate of drug-likeness (QED) is 0.911. The summed E-state index contributed by atoms with van der Waals surface area (Å²) in [5.41, 5.74) is 6.03. The van der Waals surface area contributed by atoms with Crippen LogP contribution in [0.2, 0.25) is 0 Å². The molecule has 2 aromatic rings. The van der Waals surface area contributed by atoms with Gasteiger partial charge in [0.1, 0.15) is 12.2 Å². The van der Waals surface area contributed by atoms with Crippen molar-refractivity contribution in [2.45, 2.75) is 19.1 Å². The number of hydrogen-bond acceptors (Lipinski definition) is 3. The average molecular weight is 256 g/mol. The second-order valence-electron chi connectivity index (χ2n) is 3.70. The van der Waals surface area contributed by atoms with E-state index in [0.29, 0.717) is 11.5 Å². The maximum atomic E-state index is 12.4. The third kappa shape index (κ3) is 2.67. The highest BCUT2D eigenvalue weighted by Crippen LogP contribution is 2.22. The second-order valence-corrected chi connectivity index (χ2v) is 3.70. The summed E-state index contributed by atoms with van der Waals surface area (Å²) in [5, 5.41) is 7.24. The Hall–Kier alpha value is -1.89. The zero-order valence-electron chi connectivity index (χ0n) is 9.35. The lowest BCUT2D eigenvalue weighted by atomic mass is 10.3. The van der Waals surface area contributed by atoms with Crippen molar-refractivity contribution >= 4 is 0 Å². The number of hydrogen-bond donors (Lipinski definition) is 1. The molecule has 0 spiro atoms. The van der Waals surface area contributed by atoms with Gasteiger partial charge >= 0.3 is 6.18 Å². The summed E-state index contributed by atoms with van der Waals surface area (Å²) >= 11 is 0. The van der Waals surface area contributed by atoms with E-state index in [0.717, 1.165) is 0 Å². The lowest BCUT2D eigenvalue weighted by Crippen LogP contribution is -2.17. The monoisotopic (exact) mass is 256 g/mol. The maximum Gasteiger partial charge on any atom is 0.396 e. The van der Waals surface area contributed by atoms with Gasteiger partial charge in [-0.1, -0.05) is 18.2 Å². The molecular formula is C11H11F3N4. The van der Waals surface area contributed by atoms with Crippen LogP contribution < -0.4 is 5.73 Å². The van der Waals surface area contributed by atoms with Crippen LogP contribution in [0.5, 0.6) is 0 Å². The summed E-state index contributed by atoms with van der Waals surface area (Å²) in [4.78, 5) is 0. The summed E-state index contributed by atoms with van der Waals surface area (Å²) in [5.74, 6) is 0.148. The zero-order valence-corrected chi connectivity index (χ0v) is 9.35. The lowest BCUT2D eigenvalue weighted by Gasteiger charge is -2.10. The molecule has 1 aromatic carbocycles. The molecule has 7 heteroatoms. The van der Waals surface area contributed by atoms with Gasteiger partial charge in [-0.25, -0.2) is 0 Å². The van der Waals surface area contributed by atoms with E-state index in [1.165, 1.54) is 4.57 Å². The van der Waals surface area contributed by atoms with Crippen LogP contribution in [-0.2, 0) is 13.0 Å². The first-order chi connectivity index (χ1) is 8.51. The van der Waals surface area contributed by atoms with E-state index in [1.54, 1.807) is 30.3 Å². The van der Waals surface area contributed by atoms with Crippen molar-refractivity contribution < 1.29 is 13.2 Å². The molecule has 1 heterocycles. The summed E-state index contributed by atoms with van der Waals surface area (Å²) in [6.45, 7) is 0.0275. The SMILES string of the molecule is NCc1nnc(CC(F)(F)F)n1-c1ccccc1. The number of nitrogens with zero attached hydrogens (tertiary/aromatic N) is 3. The third-order valence-electron chi connectivity index (χ3n) is 2.35. The fraction of sp³-hybridized carbons (Fsp3) is 0.273. The molecule has 0 aliphatic carbocycles. The Labute approximate surface area is 101 Å². The minimum Gasteiger partial charge on any atom is -0.324 e. The number of para-hydroxylation sites is 1. The Balaban J connectivity index is 2.47. The molecule has 4 nitrogen and oxygen atoms in total. The van der Waals surface area contributed by atoms with Gasteiger partial charge in [0.05, 0.1) is 6.54 Å². The molecule has 0 amide bonds. The van der Waals surface area contributed by atoms with Gasteiger partial charge in [-0.05, 0) is 12.1 Å². The highest BCUT2D eigenvalue weighted by Gasteiger charge is 2.31. The molecule has 2 rings (SSSR count). The van der Waals surface area contributed by atoms with Crippen molar-refractivity contribution in [2.24, 2.45) is 5.73 Å². The topological polar surface area (TPSA) is 56.7 Å². The molecule has 0 radical (unpaired) electrons. The van der Waals surface area contributed by atoms with E-state index in [4.69, 9.17) is 5.73 Å². The van der Waals surface area contributed by atoms with Crippen molar-refractivity contribution in [2.75, 3.05) is 0 Å². The highest BCUT2D eigenvalue weighted by molar-refractivity contribution is 5.34. The number of nitrogens with two attached hydrogens (primary N) is 1. The molecule has 18 heavy (non-hydrogen) atoms. The lowest BCUT2D eigenvalue weighted by molar-refractivity contribution is -0.128. The van der Waals surface area contributed by atoms with Crippen LogP contribution in [0.15, 0.2) is 30.3 Å². The Morgan fingerprint density at radius 2 is 1.67 bits per heavy atom. The summed E-state index contributed by atoms with van der Waals surface area (Å²) < 4.78 is 38.7. The number of rotatable bonds is 3. The fourth-order valence-corrected chi connectivity index (χ4v) is 1.65. The average Bonchev–Trinajstić information content (AvgIpc) is 2.70. The first kappa shape index (κ1) is 12.6. The molecule has 0 bridgehead atoms. The van der Waals surface area contributed by atoms with E-state index >= 15 is 0 Å². The molecule has 0 aliphatic heterocycles. The molecule has 96 valence electrons. The van der Waals surface area contributed by atoms with Crippen molar-refractivity contribution in [3.63, 3.8) is 0 Å². The number of aromatic nitrogens is 3. The van der Waals surface area contributed by atoms with E-state index < -0.39 is 12.6 Å². The maximum absolute atomic E-state index is 12.4. The second kappa shape index (κ2) is 4.77. The number of halogens is 3. The molecule has 0 saturated carbocycles. The number of benzene rings is 1. The first-order valence-electron chi connectivity index (χ1n) is 5.26. The van der Waals surface area contributed by atoms with E-state index in [2.05, 4.69) is 10.2 Å². The van der Waals surface area contributed by atoms with Gasteiger partial charge in [0.2, 0.25) is 0 Å². The molecule has 0 unspecified atom stereocenters. The zero-order chi connectivity index (χ0) is 13.2. The third-order valence-corrected chi connectivity index (χ3v) is 2.35. The van der Waals surface area contributed by atoms with Crippen molar-refractivity contribution in [1.29, 1.82) is 0 Å². The minimum absolute atomic E-state index is 0.0275. The minimum atomic E-state index is -4.33. The van der Waals surface area contributed by atoms with Gasteiger partial charge in [0, 0.05) is 5.69 Å². The summed E-state index contributed by atoms with van der Waals surface area (Å²) in [6.07, 6.45) is -5.46. The van der Waals surface area contributed by atoms with Crippen molar-refractivity contribution in [1.82, 2.24) is 14.8 Å². The van der Waals surface area contributed by atoms with Gasteiger partial charge < -0.3 is 5.73 Å². The number of alkyl halides is 3. The van der Waals surface area contributed by atoms with Crippen LogP contribution in [0, 0.1) is 0 Å². The van der Waals surface area contributed by atoms with Gasteiger partial charge in [0.25, 0.3) is 0 Å². The van der Waals surface area contributed by atoms with Crippen LogP contribution in [0.3, 0.4) is 0 Å². The van der Waals surface area contributed by atoms with Crippen LogP contribution in [-0.4, -0.2) is 20.9 Å². The molecule has 1 aromatic heterocycles. The van der Waals surface area contributed by atoms with Crippen molar-refractivity contribution in [3.05, 3.63) is 42.0 Å². The standard InChI is InChI=1S/C11H11F3N4/c12-11(13,14)6-9-16-17-10(7-15)18(9)8-4-2-1-3-5-8/h1-5H,6-7,15H2. The Morgan fingerprint density at radius 1 is 1.06 bits per heavy atom. The van der Waals surface area contributed by atoms with Gasteiger partial charge in [0.15, 0.2) is 5.82 Å². The summed E-state index contributed by atoms with van der Waals surface area (Å²) in [7, 11) is 0. The highest BCUT2D eigenvalue weighted by atomic mass is 19.4. The molecule has 0 atom stereocenters. The smallest absolute Gasteiger partial charge is 0.324 e.